The molecule has 0 bridgehead atoms. The van der Waals surface area contributed by atoms with Crippen molar-refractivity contribution >= 4 is 22.6 Å². The Morgan fingerprint density at radius 2 is 2.11 bits per heavy atom. The summed E-state index contributed by atoms with van der Waals surface area (Å²) in [5.74, 6) is 0. The van der Waals surface area contributed by atoms with Crippen LogP contribution in [0.4, 0.5) is 0 Å². The Hall–Kier alpha value is -0.710. The number of aliphatic hydroxyl groups is 2. The minimum absolute atomic E-state index is 0.135. The Bertz CT molecular complexity index is 554. The summed E-state index contributed by atoms with van der Waals surface area (Å²) in [6.07, 6.45) is -2.44. The number of aromatic nitrogens is 2. The average Bonchev–Trinajstić information content (AvgIpc) is 2.64. The largest absolute Gasteiger partial charge is 0.388 e. The second-order valence-corrected chi connectivity index (χ2v) is 5.02. The molecule has 100 valence electrons. The zero-order chi connectivity index (χ0) is 13.4. The third-order valence-corrected chi connectivity index (χ3v) is 3.90. The lowest BCUT2D eigenvalue weighted by Gasteiger charge is -2.14. The van der Waals surface area contributed by atoms with Crippen LogP contribution in [0.25, 0.3) is 0 Å². The second-order valence-electron chi connectivity index (χ2n) is 4.14. The lowest BCUT2D eigenvalue weighted by Crippen LogP contribution is -2.37. The summed E-state index contributed by atoms with van der Waals surface area (Å²) in [6, 6.07) is 0. The van der Waals surface area contributed by atoms with Gasteiger partial charge < -0.3 is 19.9 Å². The highest BCUT2D eigenvalue weighted by molar-refractivity contribution is 14.1. The van der Waals surface area contributed by atoms with Crippen molar-refractivity contribution in [3.8, 4) is 0 Å². The molecule has 8 heteroatoms. The fraction of sp³-hybridized carbons (Fsp3) is 0.600. The summed E-state index contributed by atoms with van der Waals surface area (Å²) < 4.78 is 6.85. The van der Waals surface area contributed by atoms with Gasteiger partial charge in [-0.25, -0.2) is 4.79 Å². The van der Waals surface area contributed by atoms with E-state index in [1.165, 1.54) is 13.2 Å². The third-order valence-electron chi connectivity index (χ3n) is 3.03. The van der Waals surface area contributed by atoms with E-state index in [0.29, 0.717) is 4.43 Å². The summed E-state index contributed by atoms with van der Waals surface area (Å²) in [7, 11) is 1.33. The zero-order valence-electron chi connectivity index (χ0n) is 9.54. The molecule has 1 fully saturated rings. The summed E-state index contributed by atoms with van der Waals surface area (Å²) in [5.41, 5.74) is -0.942. The van der Waals surface area contributed by atoms with Crippen LogP contribution in [-0.2, 0) is 11.8 Å². The van der Waals surface area contributed by atoms with Gasteiger partial charge in [-0.1, -0.05) is 22.6 Å². The third kappa shape index (κ3) is 2.13. The topological polar surface area (TPSA) is 105 Å². The molecule has 18 heavy (non-hydrogen) atoms. The van der Waals surface area contributed by atoms with Crippen LogP contribution in [0.1, 0.15) is 11.7 Å². The quantitative estimate of drug-likeness (QED) is 0.443. The van der Waals surface area contributed by atoms with Crippen molar-refractivity contribution in [3.63, 3.8) is 0 Å². The van der Waals surface area contributed by atoms with Crippen LogP contribution in [0.2, 0.25) is 0 Å². The van der Waals surface area contributed by atoms with Crippen molar-refractivity contribution in [2.75, 3.05) is 4.43 Å². The molecule has 3 N–H and O–H groups in total. The van der Waals surface area contributed by atoms with Gasteiger partial charge in [-0.15, -0.1) is 0 Å². The normalized spacial score (nSPS) is 31.8. The molecule has 1 aromatic heterocycles. The fourth-order valence-corrected chi connectivity index (χ4v) is 2.65. The Labute approximate surface area is 116 Å². The van der Waals surface area contributed by atoms with E-state index in [9.17, 15) is 19.8 Å². The van der Waals surface area contributed by atoms with Gasteiger partial charge in [-0.05, 0) is 0 Å². The van der Waals surface area contributed by atoms with Gasteiger partial charge in [-0.2, -0.15) is 0 Å². The van der Waals surface area contributed by atoms with E-state index in [2.05, 4.69) is 4.98 Å². The lowest BCUT2D eigenvalue weighted by atomic mass is 10.0. The number of alkyl halides is 1. The second kappa shape index (κ2) is 5.11. The first-order valence-electron chi connectivity index (χ1n) is 5.33. The van der Waals surface area contributed by atoms with Gasteiger partial charge >= 0.3 is 5.69 Å². The molecule has 1 aliphatic heterocycles. The minimum Gasteiger partial charge on any atom is -0.388 e. The number of hydrogen-bond acceptors (Lipinski definition) is 5. The summed E-state index contributed by atoms with van der Waals surface area (Å²) in [5, 5.41) is 19.6. The van der Waals surface area contributed by atoms with Gasteiger partial charge in [-0.3, -0.25) is 9.36 Å². The fourth-order valence-electron chi connectivity index (χ4n) is 1.92. The summed E-state index contributed by atoms with van der Waals surface area (Å²) in [6.45, 7) is 0. The van der Waals surface area contributed by atoms with Crippen molar-refractivity contribution in [2.24, 2.45) is 7.05 Å². The molecule has 0 radical (unpaired) electrons. The van der Waals surface area contributed by atoms with Crippen molar-refractivity contribution in [1.29, 1.82) is 0 Å². The number of hydrogen-bond donors (Lipinski definition) is 3. The molecule has 1 aliphatic rings. The van der Waals surface area contributed by atoms with E-state index in [-0.39, 0.29) is 5.56 Å². The summed E-state index contributed by atoms with van der Waals surface area (Å²) in [4.78, 5) is 25.5. The first kappa shape index (κ1) is 13.7. The highest BCUT2D eigenvalue weighted by Crippen LogP contribution is 2.32. The summed E-state index contributed by atoms with van der Waals surface area (Å²) >= 11 is 2.03. The monoisotopic (exact) mass is 368 g/mol. The maximum atomic E-state index is 11.9. The average molecular weight is 368 g/mol. The Balaban J connectivity index is 2.42. The molecule has 4 atom stereocenters. The molecule has 0 saturated carbocycles. The van der Waals surface area contributed by atoms with Crippen molar-refractivity contribution in [1.82, 2.24) is 9.55 Å². The molecule has 1 aromatic rings. The standard InChI is InChI=1S/C10H13IN2O5/c1-13-9(16)4(3-12-10(13)17)8-7(15)6(14)5(2-11)18-8/h3,5-8,14-15H,2H2,1H3,(H,12,17)/t5-,6?,7+,8+/m1/s1. The van der Waals surface area contributed by atoms with Crippen LogP contribution in [0.5, 0.6) is 0 Å². The predicted molar refractivity (Wildman–Crippen MR) is 70.8 cm³/mol. The SMILES string of the molecule is Cn1c(=O)[nH]cc([C@@H]2O[C@H](CI)C(O)[C@@H]2O)c1=O. The highest BCUT2D eigenvalue weighted by atomic mass is 127. The minimum atomic E-state index is -1.18. The molecule has 0 spiro atoms. The number of ether oxygens (including phenoxy) is 1. The number of aromatic amines is 1. The lowest BCUT2D eigenvalue weighted by molar-refractivity contribution is 0.0158. The Morgan fingerprint density at radius 1 is 1.44 bits per heavy atom. The van der Waals surface area contributed by atoms with E-state index in [4.69, 9.17) is 4.74 Å². The van der Waals surface area contributed by atoms with Crippen LogP contribution < -0.4 is 11.2 Å². The Morgan fingerprint density at radius 3 is 2.67 bits per heavy atom. The molecule has 0 aliphatic carbocycles. The van der Waals surface area contributed by atoms with E-state index in [1.54, 1.807) is 0 Å². The molecular weight excluding hydrogens is 355 g/mol. The number of nitrogens with zero attached hydrogens (tertiary/aromatic N) is 1. The zero-order valence-corrected chi connectivity index (χ0v) is 11.7. The van der Waals surface area contributed by atoms with Gasteiger partial charge in [0.25, 0.3) is 5.56 Å². The highest BCUT2D eigenvalue weighted by Gasteiger charge is 2.43. The van der Waals surface area contributed by atoms with Crippen LogP contribution >= 0.6 is 22.6 Å². The van der Waals surface area contributed by atoms with Crippen LogP contribution in [0.15, 0.2) is 15.8 Å². The molecule has 0 aromatic carbocycles. The molecule has 0 amide bonds. The first-order chi connectivity index (χ1) is 8.47. The number of halogens is 1. The van der Waals surface area contributed by atoms with Crippen molar-refractivity contribution < 1.29 is 14.9 Å². The van der Waals surface area contributed by atoms with Crippen LogP contribution in [0.3, 0.4) is 0 Å². The molecule has 1 saturated heterocycles. The molecule has 7 nitrogen and oxygen atoms in total. The van der Waals surface area contributed by atoms with Gasteiger partial charge in [0.15, 0.2) is 0 Å². The Kier molecular flexibility index (Phi) is 3.90. The molecule has 2 rings (SSSR count). The predicted octanol–water partition coefficient (Wildman–Crippen LogP) is -1.33. The van der Waals surface area contributed by atoms with E-state index in [1.807, 2.05) is 22.6 Å². The first-order valence-corrected chi connectivity index (χ1v) is 6.86. The maximum Gasteiger partial charge on any atom is 0.328 e. The number of rotatable bonds is 2. The number of nitrogens with one attached hydrogen (secondary N) is 1. The van der Waals surface area contributed by atoms with Gasteiger partial charge in [0, 0.05) is 17.7 Å². The molecular formula is C10H13IN2O5. The molecule has 2 heterocycles. The van der Waals surface area contributed by atoms with E-state index < -0.39 is 35.7 Å². The number of H-pyrrole nitrogens is 1. The van der Waals surface area contributed by atoms with Gasteiger partial charge in [0.2, 0.25) is 0 Å². The molecule has 1 unspecified atom stereocenters. The number of aliphatic hydroxyl groups excluding tert-OH is 2. The van der Waals surface area contributed by atoms with Gasteiger partial charge in [0.1, 0.15) is 18.3 Å². The van der Waals surface area contributed by atoms with Gasteiger partial charge in [0.05, 0.1) is 11.7 Å². The maximum absolute atomic E-state index is 11.9. The van der Waals surface area contributed by atoms with Crippen molar-refractivity contribution in [2.45, 2.75) is 24.4 Å². The van der Waals surface area contributed by atoms with Crippen molar-refractivity contribution in [3.05, 3.63) is 32.6 Å². The smallest absolute Gasteiger partial charge is 0.328 e. The van der Waals surface area contributed by atoms with E-state index >= 15 is 0 Å². The van der Waals surface area contributed by atoms with E-state index in [0.717, 1.165) is 4.57 Å². The van der Waals surface area contributed by atoms with Crippen LogP contribution in [0, 0.1) is 0 Å². The van der Waals surface area contributed by atoms with Crippen LogP contribution in [-0.4, -0.2) is 42.5 Å².